The first-order chi connectivity index (χ1) is 9.60. The Labute approximate surface area is 121 Å². The van der Waals surface area contributed by atoms with Gasteiger partial charge < -0.3 is 10.1 Å². The molecule has 4 nitrogen and oxygen atoms in total. The van der Waals surface area contributed by atoms with Crippen LogP contribution in [0, 0.1) is 6.92 Å². The predicted molar refractivity (Wildman–Crippen MR) is 79.2 cm³/mol. The van der Waals surface area contributed by atoms with Crippen LogP contribution in [0.5, 0.6) is 0 Å². The minimum Gasteiger partial charge on any atom is -0.465 e. The molecule has 0 spiro atoms. The van der Waals surface area contributed by atoms with E-state index in [2.05, 4.69) is 10.1 Å². The van der Waals surface area contributed by atoms with Gasteiger partial charge in [0.1, 0.15) is 4.88 Å². The van der Waals surface area contributed by atoms with Gasteiger partial charge >= 0.3 is 5.97 Å². The Bertz CT molecular complexity index is 634. The van der Waals surface area contributed by atoms with Crippen LogP contribution in [0.3, 0.4) is 0 Å². The monoisotopic (exact) mass is 289 g/mol. The van der Waals surface area contributed by atoms with Crippen molar-refractivity contribution in [3.63, 3.8) is 0 Å². The number of esters is 1. The average molecular weight is 289 g/mol. The molecule has 0 unspecified atom stereocenters. The quantitative estimate of drug-likeness (QED) is 0.880. The van der Waals surface area contributed by atoms with Crippen LogP contribution in [-0.2, 0) is 16.0 Å². The molecule has 0 bridgehead atoms. The predicted octanol–water partition coefficient (Wildman–Crippen LogP) is 3.02. The molecule has 2 rings (SSSR count). The van der Waals surface area contributed by atoms with Crippen LogP contribution < -0.4 is 5.32 Å². The van der Waals surface area contributed by atoms with Crippen molar-refractivity contribution in [1.29, 1.82) is 0 Å². The number of aryl methyl sites for hydroxylation is 1. The third kappa shape index (κ3) is 3.45. The Balaban J connectivity index is 2.05. The van der Waals surface area contributed by atoms with Crippen LogP contribution in [0.2, 0.25) is 0 Å². The van der Waals surface area contributed by atoms with E-state index in [-0.39, 0.29) is 12.3 Å². The van der Waals surface area contributed by atoms with Gasteiger partial charge in [-0.15, -0.1) is 11.3 Å². The summed E-state index contributed by atoms with van der Waals surface area (Å²) in [5.74, 6) is -0.593. The summed E-state index contributed by atoms with van der Waals surface area (Å²) in [7, 11) is 1.32. The minimum atomic E-state index is -0.439. The van der Waals surface area contributed by atoms with Crippen molar-refractivity contribution >= 4 is 28.9 Å². The molecule has 20 heavy (non-hydrogen) atoms. The number of hydrogen-bond acceptors (Lipinski definition) is 4. The SMILES string of the molecule is COC(=O)c1sccc1NC(=O)Cc1cccc(C)c1. The molecule has 0 fully saturated rings. The summed E-state index contributed by atoms with van der Waals surface area (Å²) < 4.78 is 4.67. The summed E-state index contributed by atoms with van der Waals surface area (Å²) in [5, 5.41) is 4.49. The molecule has 0 saturated carbocycles. The second-order valence-corrected chi connectivity index (χ2v) is 5.29. The number of ether oxygens (including phenoxy) is 1. The molecule has 1 N–H and O–H groups in total. The molecular weight excluding hydrogens is 274 g/mol. The summed E-state index contributed by atoms with van der Waals surface area (Å²) in [5.41, 5.74) is 2.55. The Morgan fingerprint density at radius 1 is 1.30 bits per heavy atom. The fourth-order valence-corrected chi connectivity index (χ4v) is 2.63. The van der Waals surface area contributed by atoms with E-state index in [1.807, 2.05) is 31.2 Å². The number of carbonyl (C=O) groups is 2. The number of benzene rings is 1. The van der Waals surface area contributed by atoms with E-state index in [4.69, 9.17) is 0 Å². The molecule has 104 valence electrons. The average Bonchev–Trinajstić information content (AvgIpc) is 2.85. The molecule has 1 amide bonds. The maximum atomic E-state index is 12.0. The first-order valence-corrected chi connectivity index (χ1v) is 6.99. The van der Waals surface area contributed by atoms with Crippen LogP contribution in [0.15, 0.2) is 35.7 Å². The topological polar surface area (TPSA) is 55.4 Å². The molecule has 0 aliphatic carbocycles. The molecule has 1 aromatic heterocycles. The van der Waals surface area contributed by atoms with Gasteiger partial charge in [-0.3, -0.25) is 4.79 Å². The molecule has 0 radical (unpaired) electrons. The molecule has 5 heteroatoms. The zero-order valence-electron chi connectivity index (χ0n) is 11.3. The molecule has 1 aromatic carbocycles. The fourth-order valence-electron chi connectivity index (χ4n) is 1.86. The van der Waals surface area contributed by atoms with E-state index in [1.165, 1.54) is 18.4 Å². The summed E-state index contributed by atoms with van der Waals surface area (Å²) >= 11 is 1.24. The van der Waals surface area contributed by atoms with E-state index in [0.717, 1.165) is 11.1 Å². The zero-order valence-corrected chi connectivity index (χ0v) is 12.1. The van der Waals surface area contributed by atoms with Crippen LogP contribution in [0.4, 0.5) is 5.69 Å². The normalized spacial score (nSPS) is 10.1. The molecule has 0 saturated heterocycles. The highest BCUT2D eigenvalue weighted by Gasteiger charge is 2.15. The zero-order chi connectivity index (χ0) is 14.5. The second kappa shape index (κ2) is 6.34. The van der Waals surface area contributed by atoms with Crippen molar-refractivity contribution in [3.05, 3.63) is 51.7 Å². The van der Waals surface area contributed by atoms with Gasteiger partial charge in [-0.2, -0.15) is 0 Å². The molecule has 0 atom stereocenters. The summed E-state index contributed by atoms with van der Waals surface area (Å²) in [4.78, 5) is 23.9. The van der Waals surface area contributed by atoms with Gasteiger partial charge in [0.05, 0.1) is 19.2 Å². The van der Waals surface area contributed by atoms with E-state index < -0.39 is 5.97 Å². The lowest BCUT2D eigenvalue weighted by molar-refractivity contribution is -0.115. The highest BCUT2D eigenvalue weighted by atomic mass is 32.1. The summed E-state index contributed by atoms with van der Waals surface area (Å²) in [6, 6.07) is 9.47. The second-order valence-electron chi connectivity index (χ2n) is 4.37. The minimum absolute atomic E-state index is 0.154. The molecule has 1 heterocycles. The Kier molecular flexibility index (Phi) is 4.53. The Morgan fingerprint density at radius 3 is 2.80 bits per heavy atom. The van der Waals surface area contributed by atoms with Crippen molar-refractivity contribution in [3.8, 4) is 0 Å². The lowest BCUT2D eigenvalue weighted by atomic mass is 10.1. The first kappa shape index (κ1) is 14.3. The van der Waals surface area contributed by atoms with E-state index in [0.29, 0.717) is 10.6 Å². The van der Waals surface area contributed by atoms with Gasteiger partial charge in [-0.1, -0.05) is 29.8 Å². The number of rotatable bonds is 4. The number of anilines is 1. The third-order valence-electron chi connectivity index (χ3n) is 2.76. The molecule has 0 aliphatic heterocycles. The highest BCUT2D eigenvalue weighted by molar-refractivity contribution is 7.12. The summed E-state index contributed by atoms with van der Waals surface area (Å²) in [6.07, 6.45) is 0.276. The van der Waals surface area contributed by atoms with E-state index in [1.54, 1.807) is 11.4 Å². The van der Waals surface area contributed by atoms with Crippen molar-refractivity contribution < 1.29 is 14.3 Å². The van der Waals surface area contributed by atoms with Gasteiger partial charge in [0.25, 0.3) is 0 Å². The van der Waals surface area contributed by atoms with Crippen molar-refractivity contribution in [1.82, 2.24) is 0 Å². The van der Waals surface area contributed by atoms with Crippen LogP contribution in [-0.4, -0.2) is 19.0 Å². The van der Waals surface area contributed by atoms with Gasteiger partial charge in [0.15, 0.2) is 0 Å². The van der Waals surface area contributed by atoms with Crippen LogP contribution in [0.1, 0.15) is 20.8 Å². The Morgan fingerprint density at radius 2 is 2.10 bits per heavy atom. The van der Waals surface area contributed by atoms with E-state index in [9.17, 15) is 9.59 Å². The van der Waals surface area contributed by atoms with E-state index >= 15 is 0 Å². The maximum Gasteiger partial charge on any atom is 0.350 e. The van der Waals surface area contributed by atoms with Crippen LogP contribution in [0.25, 0.3) is 0 Å². The van der Waals surface area contributed by atoms with Gasteiger partial charge in [-0.25, -0.2) is 4.79 Å². The summed E-state index contributed by atoms with van der Waals surface area (Å²) in [6.45, 7) is 1.98. The Hall–Kier alpha value is -2.14. The largest absolute Gasteiger partial charge is 0.465 e. The number of carbonyl (C=O) groups excluding carboxylic acids is 2. The molecule has 2 aromatic rings. The lowest BCUT2D eigenvalue weighted by Gasteiger charge is -2.06. The lowest BCUT2D eigenvalue weighted by Crippen LogP contribution is -2.16. The van der Waals surface area contributed by atoms with Crippen LogP contribution >= 0.6 is 11.3 Å². The van der Waals surface area contributed by atoms with Gasteiger partial charge in [-0.05, 0) is 23.9 Å². The number of thiophene rings is 1. The van der Waals surface area contributed by atoms with Crippen molar-refractivity contribution in [2.45, 2.75) is 13.3 Å². The third-order valence-corrected chi connectivity index (χ3v) is 3.65. The van der Waals surface area contributed by atoms with Crippen molar-refractivity contribution in [2.75, 3.05) is 12.4 Å². The number of nitrogens with one attached hydrogen (secondary N) is 1. The maximum absolute atomic E-state index is 12.0. The number of amides is 1. The fraction of sp³-hybridized carbons (Fsp3) is 0.200. The number of hydrogen-bond donors (Lipinski definition) is 1. The molecule has 0 aliphatic rings. The van der Waals surface area contributed by atoms with Crippen molar-refractivity contribution in [2.24, 2.45) is 0 Å². The highest BCUT2D eigenvalue weighted by Crippen LogP contribution is 2.23. The first-order valence-electron chi connectivity index (χ1n) is 6.11. The number of methoxy groups -OCH3 is 1. The van der Waals surface area contributed by atoms with Gasteiger partial charge in [0.2, 0.25) is 5.91 Å². The smallest absolute Gasteiger partial charge is 0.350 e. The standard InChI is InChI=1S/C15H15NO3S/c1-10-4-3-5-11(8-10)9-13(17)16-12-6-7-20-14(12)15(18)19-2/h3-8H,9H2,1-2H3,(H,16,17). The molecular formula is C15H15NO3S. The van der Waals surface area contributed by atoms with Gasteiger partial charge in [0, 0.05) is 0 Å².